The molecule has 0 aromatic heterocycles. The van der Waals surface area contributed by atoms with Gasteiger partial charge in [0, 0.05) is 12.1 Å². The van der Waals surface area contributed by atoms with Gasteiger partial charge in [0.05, 0.1) is 12.7 Å². The normalized spacial score (nSPS) is 14.7. The fraction of sp³-hybridized carbons (Fsp3) is 0.538. The fourth-order valence-electron chi connectivity index (χ4n) is 1.76. The molecule has 0 saturated heterocycles. The van der Waals surface area contributed by atoms with E-state index in [1.807, 2.05) is 45.2 Å². The van der Waals surface area contributed by atoms with E-state index < -0.39 is 0 Å². The molecule has 0 spiro atoms. The lowest BCUT2D eigenvalue weighted by molar-refractivity contribution is 0.238. The van der Waals surface area contributed by atoms with Crippen LogP contribution >= 0.6 is 0 Å². The molecule has 2 atom stereocenters. The maximum Gasteiger partial charge on any atom is 0.119 e. The SMILES string of the molecule is CNC(c1ccc(OC(C)C)cc1)C(N)CO. The molecule has 0 fully saturated rings. The van der Waals surface area contributed by atoms with Crippen LogP contribution in [0.4, 0.5) is 0 Å². The molecule has 0 bridgehead atoms. The van der Waals surface area contributed by atoms with Gasteiger partial charge in [0.2, 0.25) is 0 Å². The summed E-state index contributed by atoms with van der Waals surface area (Å²) in [7, 11) is 1.83. The Balaban J connectivity index is 2.77. The molecule has 1 rings (SSSR count). The van der Waals surface area contributed by atoms with E-state index in [9.17, 15) is 0 Å². The van der Waals surface area contributed by atoms with Crippen LogP contribution in [-0.2, 0) is 0 Å². The number of likely N-dealkylation sites (N-methyl/N-ethyl adjacent to an activating group) is 1. The molecule has 0 saturated carbocycles. The van der Waals surface area contributed by atoms with Crippen LogP contribution in [0.15, 0.2) is 24.3 Å². The van der Waals surface area contributed by atoms with Crippen molar-refractivity contribution < 1.29 is 9.84 Å². The molecule has 4 nitrogen and oxygen atoms in total. The van der Waals surface area contributed by atoms with E-state index in [4.69, 9.17) is 15.6 Å². The minimum absolute atomic E-state index is 0.0459. The number of ether oxygens (including phenoxy) is 1. The molecular weight excluding hydrogens is 216 g/mol. The van der Waals surface area contributed by atoms with Gasteiger partial charge in [0.1, 0.15) is 5.75 Å². The summed E-state index contributed by atoms with van der Waals surface area (Å²) in [5.74, 6) is 0.844. The molecule has 1 aromatic rings. The summed E-state index contributed by atoms with van der Waals surface area (Å²) < 4.78 is 5.57. The highest BCUT2D eigenvalue weighted by Crippen LogP contribution is 2.20. The number of nitrogens with two attached hydrogens (primary N) is 1. The summed E-state index contributed by atoms with van der Waals surface area (Å²) in [6.45, 7) is 3.94. The zero-order valence-corrected chi connectivity index (χ0v) is 10.7. The summed E-state index contributed by atoms with van der Waals surface area (Å²) in [5.41, 5.74) is 6.88. The first-order valence-corrected chi connectivity index (χ1v) is 5.88. The third-order valence-electron chi connectivity index (χ3n) is 2.56. The van der Waals surface area contributed by atoms with Gasteiger partial charge in [0.15, 0.2) is 0 Å². The maximum absolute atomic E-state index is 9.08. The van der Waals surface area contributed by atoms with E-state index in [2.05, 4.69) is 5.32 Å². The highest BCUT2D eigenvalue weighted by molar-refractivity contribution is 5.30. The van der Waals surface area contributed by atoms with E-state index in [1.165, 1.54) is 0 Å². The largest absolute Gasteiger partial charge is 0.491 e. The van der Waals surface area contributed by atoms with Crippen LogP contribution in [0.1, 0.15) is 25.5 Å². The van der Waals surface area contributed by atoms with Crippen molar-refractivity contribution >= 4 is 0 Å². The lowest BCUT2D eigenvalue weighted by atomic mass is 10.0. The molecule has 0 aliphatic rings. The molecule has 0 amide bonds. The molecule has 0 heterocycles. The Morgan fingerprint density at radius 3 is 2.29 bits per heavy atom. The van der Waals surface area contributed by atoms with Crippen molar-refractivity contribution in [2.45, 2.75) is 32.0 Å². The quantitative estimate of drug-likeness (QED) is 0.693. The molecule has 17 heavy (non-hydrogen) atoms. The Hall–Kier alpha value is -1.10. The number of benzene rings is 1. The fourth-order valence-corrected chi connectivity index (χ4v) is 1.76. The standard InChI is InChI=1S/C13H22N2O2/c1-9(2)17-11-6-4-10(5-7-11)13(15-3)12(14)8-16/h4-7,9,12-13,15-16H,8,14H2,1-3H3. The third kappa shape index (κ3) is 4.00. The van der Waals surface area contributed by atoms with Crippen molar-refractivity contribution in [1.82, 2.24) is 5.32 Å². The number of aliphatic hydroxyl groups excluding tert-OH is 1. The minimum atomic E-state index is -0.308. The van der Waals surface area contributed by atoms with E-state index in [0.717, 1.165) is 11.3 Å². The number of hydrogen-bond acceptors (Lipinski definition) is 4. The average molecular weight is 238 g/mol. The molecular formula is C13H22N2O2. The van der Waals surface area contributed by atoms with Crippen molar-refractivity contribution in [3.05, 3.63) is 29.8 Å². The van der Waals surface area contributed by atoms with Gasteiger partial charge in [-0.3, -0.25) is 0 Å². The Labute approximate surface area is 103 Å². The Morgan fingerprint density at radius 2 is 1.88 bits per heavy atom. The van der Waals surface area contributed by atoms with Crippen LogP contribution in [0.5, 0.6) is 5.75 Å². The van der Waals surface area contributed by atoms with Gasteiger partial charge in [-0.25, -0.2) is 0 Å². The first kappa shape index (κ1) is 14.0. The Bertz CT molecular complexity index is 325. The summed E-state index contributed by atoms with van der Waals surface area (Å²) >= 11 is 0. The molecule has 1 aromatic carbocycles. The topological polar surface area (TPSA) is 67.5 Å². The van der Waals surface area contributed by atoms with Gasteiger partial charge in [-0.05, 0) is 38.6 Å². The third-order valence-corrected chi connectivity index (χ3v) is 2.56. The van der Waals surface area contributed by atoms with Crippen molar-refractivity contribution in [3.63, 3.8) is 0 Å². The first-order valence-electron chi connectivity index (χ1n) is 5.88. The highest BCUT2D eigenvalue weighted by Gasteiger charge is 2.16. The van der Waals surface area contributed by atoms with Crippen LogP contribution in [0.25, 0.3) is 0 Å². The predicted molar refractivity (Wildman–Crippen MR) is 69.1 cm³/mol. The van der Waals surface area contributed by atoms with E-state index in [-0.39, 0.29) is 24.8 Å². The van der Waals surface area contributed by atoms with Gasteiger partial charge in [-0.1, -0.05) is 12.1 Å². The van der Waals surface area contributed by atoms with E-state index in [0.29, 0.717) is 0 Å². The van der Waals surface area contributed by atoms with Crippen LogP contribution < -0.4 is 15.8 Å². The van der Waals surface area contributed by atoms with Crippen molar-refractivity contribution in [2.75, 3.05) is 13.7 Å². The smallest absolute Gasteiger partial charge is 0.119 e. The molecule has 0 radical (unpaired) electrons. The van der Waals surface area contributed by atoms with Gasteiger partial charge in [0.25, 0.3) is 0 Å². The monoisotopic (exact) mass is 238 g/mol. The summed E-state index contributed by atoms with van der Waals surface area (Å²) in [6, 6.07) is 7.42. The molecule has 0 aliphatic carbocycles. The second-order valence-corrected chi connectivity index (χ2v) is 4.35. The van der Waals surface area contributed by atoms with Gasteiger partial charge in [-0.15, -0.1) is 0 Å². The van der Waals surface area contributed by atoms with Crippen molar-refractivity contribution in [3.8, 4) is 5.75 Å². The predicted octanol–water partition coefficient (Wildman–Crippen LogP) is 1.05. The Morgan fingerprint density at radius 1 is 1.29 bits per heavy atom. The lowest BCUT2D eigenvalue weighted by Crippen LogP contribution is -2.38. The first-order chi connectivity index (χ1) is 8.08. The molecule has 0 aliphatic heterocycles. The van der Waals surface area contributed by atoms with E-state index >= 15 is 0 Å². The molecule has 2 unspecified atom stereocenters. The second kappa shape index (κ2) is 6.59. The average Bonchev–Trinajstić information content (AvgIpc) is 2.31. The van der Waals surface area contributed by atoms with Gasteiger partial charge in [-0.2, -0.15) is 0 Å². The summed E-state index contributed by atoms with van der Waals surface area (Å²) in [6.07, 6.45) is 0.167. The van der Waals surface area contributed by atoms with Gasteiger partial charge < -0.3 is 20.9 Å². The van der Waals surface area contributed by atoms with Crippen LogP contribution in [0, 0.1) is 0 Å². The second-order valence-electron chi connectivity index (χ2n) is 4.35. The zero-order valence-electron chi connectivity index (χ0n) is 10.7. The summed E-state index contributed by atoms with van der Waals surface area (Å²) in [5, 5.41) is 12.2. The minimum Gasteiger partial charge on any atom is -0.491 e. The number of hydrogen-bond donors (Lipinski definition) is 3. The van der Waals surface area contributed by atoms with Crippen LogP contribution in [-0.4, -0.2) is 30.9 Å². The number of nitrogens with one attached hydrogen (secondary N) is 1. The van der Waals surface area contributed by atoms with Crippen molar-refractivity contribution in [2.24, 2.45) is 5.73 Å². The number of aliphatic hydroxyl groups is 1. The van der Waals surface area contributed by atoms with Crippen LogP contribution in [0.2, 0.25) is 0 Å². The Kier molecular flexibility index (Phi) is 5.41. The highest BCUT2D eigenvalue weighted by atomic mass is 16.5. The van der Waals surface area contributed by atoms with Crippen molar-refractivity contribution in [1.29, 1.82) is 0 Å². The van der Waals surface area contributed by atoms with Crippen LogP contribution in [0.3, 0.4) is 0 Å². The molecule has 4 N–H and O–H groups in total. The maximum atomic E-state index is 9.08. The summed E-state index contributed by atoms with van der Waals surface area (Å²) in [4.78, 5) is 0. The zero-order chi connectivity index (χ0) is 12.8. The number of rotatable bonds is 6. The molecule has 4 heteroatoms. The lowest BCUT2D eigenvalue weighted by Gasteiger charge is -2.22. The van der Waals surface area contributed by atoms with E-state index in [1.54, 1.807) is 0 Å². The molecule has 96 valence electrons. The van der Waals surface area contributed by atoms with Gasteiger partial charge >= 0.3 is 0 Å².